The second kappa shape index (κ2) is 5.18. The molecule has 0 spiro atoms. The number of fused-ring (bicyclic) bond motifs is 3. The fourth-order valence-electron chi connectivity index (χ4n) is 4.40. The van der Waals surface area contributed by atoms with Gasteiger partial charge < -0.3 is 5.32 Å². The van der Waals surface area contributed by atoms with Crippen molar-refractivity contribution in [3.05, 3.63) is 42.5 Å². The Balaban J connectivity index is 1.48. The summed E-state index contributed by atoms with van der Waals surface area (Å²) in [4.78, 5) is 12.4. The van der Waals surface area contributed by atoms with E-state index in [1.54, 1.807) is 0 Å². The summed E-state index contributed by atoms with van der Waals surface area (Å²) < 4.78 is 0. The molecule has 21 heavy (non-hydrogen) atoms. The second-order valence-electron chi connectivity index (χ2n) is 6.71. The molecular formula is C19H21NO. The maximum atomic E-state index is 12.4. The minimum absolute atomic E-state index is 0.184. The lowest BCUT2D eigenvalue weighted by atomic mass is 9.86. The number of anilines is 1. The van der Waals surface area contributed by atoms with Gasteiger partial charge in [-0.15, -0.1) is 0 Å². The van der Waals surface area contributed by atoms with Crippen molar-refractivity contribution >= 4 is 22.4 Å². The average Bonchev–Trinajstić information content (AvgIpc) is 3.10. The molecule has 0 saturated heterocycles. The van der Waals surface area contributed by atoms with Crippen LogP contribution in [0.15, 0.2) is 42.5 Å². The molecule has 2 aliphatic carbocycles. The Bertz CT molecular complexity index is 673. The van der Waals surface area contributed by atoms with Crippen LogP contribution in [0, 0.1) is 17.8 Å². The molecule has 2 saturated carbocycles. The lowest BCUT2D eigenvalue weighted by Crippen LogP contribution is -2.20. The van der Waals surface area contributed by atoms with Gasteiger partial charge in [0.2, 0.25) is 5.91 Å². The smallest absolute Gasteiger partial charge is 0.224 e. The minimum atomic E-state index is 0.184. The zero-order chi connectivity index (χ0) is 14.2. The molecule has 2 aromatic rings. The van der Waals surface area contributed by atoms with E-state index < -0.39 is 0 Å². The van der Waals surface area contributed by atoms with Gasteiger partial charge in [0.05, 0.1) is 0 Å². The van der Waals surface area contributed by atoms with Gasteiger partial charge in [-0.1, -0.05) is 42.8 Å². The number of amides is 1. The second-order valence-corrected chi connectivity index (χ2v) is 6.71. The highest BCUT2D eigenvalue weighted by Gasteiger charge is 2.40. The van der Waals surface area contributed by atoms with E-state index in [1.165, 1.54) is 31.1 Å². The molecule has 1 N–H and O–H groups in total. The Kier molecular flexibility index (Phi) is 3.17. The quantitative estimate of drug-likeness (QED) is 0.873. The number of carbonyl (C=O) groups excluding carboxylic acids is 1. The Morgan fingerprint density at radius 2 is 1.90 bits per heavy atom. The van der Waals surface area contributed by atoms with Crippen molar-refractivity contribution in [1.82, 2.24) is 0 Å². The molecule has 0 aromatic heterocycles. The average molecular weight is 279 g/mol. The third kappa shape index (κ3) is 2.44. The highest BCUT2D eigenvalue weighted by atomic mass is 16.1. The predicted octanol–water partition coefficient (Wildman–Crippen LogP) is 4.60. The first-order valence-electron chi connectivity index (χ1n) is 8.07. The lowest BCUT2D eigenvalue weighted by Gasteiger charge is -2.21. The van der Waals surface area contributed by atoms with Gasteiger partial charge in [0, 0.05) is 17.5 Å². The van der Waals surface area contributed by atoms with Crippen molar-refractivity contribution in [2.45, 2.75) is 32.1 Å². The molecule has 2 nitrogen and oxygen atoms in total. The van der Waals surface area contributed by atoms with Crippen LogP contribution in [0.1, 0.15) is 32.1 Å². The van der Waals surface area contributed by atoms with Crippen LogP contribution in [0.25, 0.3) is 10.8 Å². The fraction of sp³-hybridized carbons (Fsp3) is 0.421. The molecule has 2 bridgehead atoms. The molecule has 2 aromatic carbocycles. The highest BCUT2D eigenvalue weighted by molar-refractivity contribution is 6.02. The summed E-state index contributed by atoms with van der Waals surface area (Å²) in [5.41, 5.74) is 0.946. The molecule has 0 aliphatic heterocycles. The van der Waals surface area contributed by atoms with Gasteiger partial charge >= 0.3 is 0 Å². The maximum absolute atomic E-state index is 12.4. The van der Waals surface area contributed by atoms with Crippen LogP contribution < -0.4 is 5.32 Å². The standard InChI is InChI=1S/C19H21NO/c21-19(12-16-11-13-8-9-15(16)10-13)20-18-7-3-5-14-4-1-2-6-17(14)18/h1-7,13,15-16H,8-12H2,(H,20,21)/t13-,15-,16+/m1/s1. The fourth-order valence-corrected chi connectivity index (χ4v) is 4.40. The monoisotopic (exact) mass is 279 g/mol. The van der Waals surface area contributed by atoms with Crippen molar-refractivity contribution in [1.29, 1.82) is 0 Å². The third-order valence-electron chi connectivity index (χ3n) is 5.40. The summed E-state index contributed by atoms with van der Waals surface area (Å²) in [6.07, 6.45) is 6.08. The normalized spacial score (nSPS) is 27.1. The third-order valence-corrected chi connectivity index (χ3v) is 5.40. The summed E-state index contributed by atoms with van der Waals surface area (Å²) in [5, 5.41) is 5.43. The summed E-state index contributed by atoms with van der Waals surface area (Å²) >= 11 is 0. The van der Waals surface area contributed by atoms with Gasteiger partial charge in [-0.3, -0.25) is 4.79 Å². The Morgan fingerprint density at radius 3 is 2.71 bits per heavy atom. The first-order chi connectivity index (χ1) is 10.3. The SMILES string of the molecule is O=C(C[C@@H]1C[C@@H]2CC[C@@H]1C2)Nc1cccc2ccccc12. The number of benzene rings is 2. The predicted molar refractivity (Wildman–Crippen MR) is 86.1 cm³/mol. The molecule has 108 valence electrons. The van der Waals surface area contributed by atoms with Gasteiger partial charge in [0.15, 0.2) is 0 Å². The molecule has 0 radical (unpaired) electrons. The van der Waals surface area contributed by atoms with E-state index >= 15 is 0 Å². The highest BCUT2D eigenvalue weighted by Crippen LogP contribution is 2.49. The van der Waals surface area contributed by atoms with Gasteiger partial charge in [-0.2, -0.15) is 0 Å². The van der Waals surface area contributed by atoms with Crippen LogP contribution in [-0.4, -0.2) is 5.91 Å². The van der Waals surface area contributed by atoms with Crippen molar-refractivity contribution in [3.8, 4) is 0 Å². The van der Waals surface area contributed by atoms with Gasteiger partial charge in [0.25, 0.3) is 0 Å². The van der Waals surface area contributed by atoms with Gasteiger partial charge in [-0.05, 0) is 48.5 Å². The van der Waals surface area contributed by atoms with Crippen LogP contribution in [0.5, 0.6) is 0 Å². The van der Waals surface area contributed by atoms with Gasteiger partial charge in [-0.25, -0.2) is 0 Å². The first kappa shape index (κ1) is 12.9. The molecular weight excluding hydrogens is 258 g/mol. The molecule has 1 amide bonds. The maximum Gasteiger partial charge on any atom is 0.224 e. The van der Waals surface area contributed by atoms with Crippen molar-refractivity contribution in [3.63, 3.8) is 0 Å². The number of carbonyl (C=O) groups is 1. The van der Waals surface area contributed by atoms with Gasteiger partial charge in [0.1, 0.15) is 0 Å². The van der Waals surface area contributed by atoms with E-state index in [1.807, 2.05) is 24.3 Å². The molecule has 0 heterocycles. The number of hydrogen-bond acceptors (Lipinski definition) is 1. The largest absolute Gasteiger partial charge is 0.326 e. The first-order valence-corrected chi connectivity index (χ1v) is 8.07. The van der Waals surface area contributed by atoms with E-state index in [2.05, 4.69) is 23.5 Å². The number of nitrogens with one attached hydrogen (secondary N) is 1. The van der Waals surface area contributed by atoms with Crippen molar-refractivity contribution in [2.24, 2.45) is 17.8 Å². The summed E-state index contributed by atoms with van der Waals surface area (Å²) in [7, 11) is 0. The Hall–Kier alpha value is -1.83. The summed E-state index contributed by atoms with van der Waals surface area (Å²) in [6.45, 7) is 0. The Labute approximate surface area is 125 Å². The van der Waals surface area contributed by atoms with Crippen LogP contribution in [0.2, 0.25) is 0 Å². The van der Waals surface area contributed by atoms with Crippen molar-refractivity contribution in [2.75, 3.05) is 5.32 Å². The number of rotatable bonds is 3. The van der Waals surface area contributed by atoms with Crippen LogP contribution in [-0.2, 0) is 4.79 Å². The zero-order valence-electron chi connectivity index (χ0n) is 12.2. The Morgan fingerprint density at radius 1 is 1.05 bits per heavy atom. The topological polar surface area (TPSA) is 29.1 Å². The summed E-state index contributed by atoms with van der Waals surface area (Å²) in [6, 6.07) is 14.3. The summed E-state index contributed by atoms with van der Waals surface area (Å²) in [5.74, 6) is 2.53. The van der Waals surface area contributed by atoms with Crippen LogP contribution >= 0.6 is 0 Å². The van der Waals surface area contributed by atoms with E-state index in [-0.39, 0.29) is 5.91 Å². The van der Waals surface area contributed by atoms with E-state index in [4.69, 9.17) is 0 Å². The molecule has 2 aliphatic rings. The number of hydrogen-bond donors (Lipinski definition) is 1. The van der Waals surface area contributed by atoms with Crippen molar-refractivity contribution < 1.29 is 4.79 Å². The van der Waals surface area contributed by atoms with E-state index in [0.717, 1.165) is 22.9 Å². The minimum Gasteiger partial charge on any atom is -0.326 e. The molecule has 3 atom stereocenters. The molecule has 2 heteroatoms. The van der Waals surface area contributed by atoms with E-state index in [9.17, 15) is 4.79 Å². The lowest BCUT2D eigenvalue weighted by molar-refractivity contribution is -0.117. The van der Waals surface area contributed by atoms with Crippen LogP contribution in [0.3, 0.4) is 0 Å². The molecule has 4 rings (SSSR count). The molecule has 2 fully saturated rings. The van der Waals surface area contributed by atoms with E-state index in [0.29, 0.717) is 12.3 Å². The zero-order valence-corrected chi connectivity index (χ0v) is 12.2. The van der Waals surface area contributed by atoms with Crippen LogP contribution in [0.4, 0.5) is 5.69 Å². The molecule has 0 unspecified atom stereocenters.